The Morgan fingerprint density at radius 2 is 1.82 bits per heavy atom. The van der Waals surface area contributed by atoms with E-state index in [-0.39, 0.29) is 25.1 Å². The number of ether oxygens (including phenoxy) is 5. The number of carbonyl (C=O) groups excluding carboxylic acids is 4. The molecule has 2 aliphatic heterocycles. The average Bonchev–Trinajstić information content (AvgIpc) is 3.85. The number of likely N-dealkylation sites (N-methyl/N-ethyl adjacent to an activating group) is 1. The number of halogens is 2. The number of nitrogen functional groups attached to an aromatic ring is 1. The van der Waals surface area contributed by atoms with E-state index in [1.165, 1.54) is 14.0 Å². The first kappa shape index (κ1) is 55.0. The molecule has 1 aromatic heterocycles. The molecule has 4 rings (SSSR count). The summed E-state index contributed by atoms with van der Waals surface area (Å²) in [5, 5.41) is 26.7. The number of aliphatic hydroxyl groups is 1. The number of anilines is 1. The Hall–Kier alpha value is -3.62. The predicted octanol–water partition coefficient (Wildman–Crippen LogP) is 4.82. The number of benzene rings is 1. The molecular formula is C46H74Cl2N8O10. The van der Waals surface area contributed by atoms with Crippen LogP contribution in [-0.2, 0) is 44.6 Å². The van der Waals surface area contributed by atoms with Gasteiger partial charge in [-0.1, -0.05) is 68.2 Å². The SMILES string of the molecule is CCC(C(O)[C@@H](OCCNC(=O)C(Cl)Cl)O[C@@H]1[C@@H](C)C(=O)[C@@H](C)C(=O)O[C@H](CC)[C@@]2(C)OC(=O)N(CCCCn3cc(-c4cccc(N)c4)nn3)[C@@H]2[C@@H](C)NC[C@H](C)C[C@@]1(C)OC)N(C)C. The van der Waals surface area contributed by atoms with E-state index >= 15 is 0 Å². The van der Waals surface area contributed by atoms with Gasteiger partial charge < -0.3 is 50.1 Å². The lowest BCUT2D eigenvalue weighted by Crippen LogP contribution is -2.61. The number of alkyl halides is 2. The third-order valence-corrected chi connectivity index (χ3v) is 13.6. The van der Waals surface area contributed by atoms with Crippen molar-refractivity contribution in [3.05, 3.63) is 30.5 Å². The first-order chi connectivity index (χ1) is 31.1. The number of aryl methyl sites for hydroxylation is 1. The summed E-state index contributed by atoms with van der Waals surface area (Å²) in [6.07, 6.45) is -0.650. The number of esters is 1. The Labute approximate surface area is 400 Å². The molecule has 2 saturated heterocycles. The van der Waals surface area contributed by atoms with E-state index in [1.54, 1.807) is 23.4 Å². The van der Waals surface area contributed by atoms with E-state index in [0.29, 0.717) is 63.1 Å². The number of fused-ring (bicyclic) bond motifs is 1. The Kier molecular flexibility index (Phi) is 20.5. The number of nitrogens with one attached hydrogen (secondary N) is 2. The van der Waals surface area contributed by atoms with Gasteiger partial charge in [0.1, 0.15) is 23.8 Å². The van der Waals surface area contributed by atoms with Crippen molar-refractivity contribution < 1.29 is 48.0 Å². The molecule has 2 fully saturated rings. The van der Waals surface area contributed by atoms with E-state index in [4.69, 9.17) is 52.6 Å². The van der Waals surface area contributed by atoms with Crippen molar-refractivity contribution in [1.82, 2.24) is 35.4 Å². The molecule has 0 radical (unpaired) electrons. The number of Topliss-reactive ketones (excluding diaryl/α,β-unsaturated/α-hetero) is 1. The van der Waals surface area contributed by atoms with Gasteiger partial charge in [-0.15, -0.1) is 5.10 Å². The zero-order valence-corrected chi connectivity index (χ0v) is 42.0. The van der Waals surface area contributed by atoms with Crippen molar-refractivity contribution in [3.63, 3.8) is 0 Å². The number of carbonyl (C=O) groups is 4. The summed E-state index contributed by atoms with van der Waals surface area (Å²) in [6.45, 7) is 15.9. The highest BCUT2D eigenvalue weighted by Gasteiger charge is 2.58. The van der Waals surface area contributed by atoms with Gasteiger partial charge in [0.2, 0.25) is 0 Å². The van der Waals surface area contributed by atoms with Crippen LogP contribution < -0.4 is 16.4 Å². The first-order valence-electron chi connectivity index (χ1n) is 23.1. The fraction of sp³-hybridized carbons (Fsp3) is 0.739. The van der Waals surface area contributed by atoms with Crippen molar-refractivity contribution in [2.45, 2.75) is 153 Å². The molecule has 1 aromatic carbocycles. The minimum Gasteiger partial charge on any atom is -0.458 e. The lowest BCUT2D eigenvalue weighted by molar-refractivity contribution is -0.266. The molecule has 3 heterocycles. The van der Waals surface area contributed by atoms with Crippen LogP contribution in [-0.4, -0.2) is 160 Å². The summed E-state index contributed by atoms with van der Waals surface area (Å²) in [6, 6.07) is 6.10. The van der Waals surface area contributed by atoms with Gasteiger partial charge in [0.15, 0.2) is 22.5 Å². The summed E-state index contributed by atoms with van der Waals surface area (Å²) in [5.74, 6) is -4.23. The Balaban J connectivity index is 1.62. The quantitative estimate of drug-likeness (QED) is 0.0370. The standard InChI is InChI=1S/C46H74Cl2N8O10/c1-12-34(54(9)10)37(58)43(63-22-19-50-41(59)40(47)48)65-39-28(4)36(57)29(5)42(60)64-35(13-2)46(8)38(30(6)51-25-27(3)24-45(39,7)62-11)56(44(61)66-46)21-15-14-20-55-26-33(52-53-55)31-17-16-18-32(49)23-31/h16-18,23,26-30,34-35,37-40,43,51,58H,12-15,19-22,24-25,49H2,1-11H3,(H,50,59)/t27-,28+,29-,30-,34?,35-,37?,38-,39-,43+,45-,46-/m1/s1. The minimum absolute atomic E-state index is 0.00527. The third kappa shape index (κ3) is 13.5. The van der Waals surface area contributed by atoms with E-state index in [2.05, 4.69) is 20.9 Å². The molecule has 0 spiro atoms. The zero-order valence-electron chi connectivity index (χ0n) is 40.5. The molecule has 2 aliphatic rings. The van der Waals surface area contributed by atoms with Crippen LogP contribution in [0.4, 0.5) is 10.5 Å². The molecule has 2 unspecified atom stereocenters. The number of nitrogens with two attached hydrogens (primary N) is 1. The molecule has 12 atom stereocenters. The summed E-state index contributed by atoms with van der Waals surface area (Å²) >= 11 is 11.4. The van der Waals surface area contributed by atoms with Crippen LogP contribution in [0, 0.1) is 17.8 Å². The van der Waals surface area contributed by atoms with Gasteiger partial charge in [-0.2, -0.15) is 0 Å². The lowest BCUT2D eigenvalue weighted by atomic mass is 9.78. The lowest BCUT2D eigenvalue weighted by Gasteiger charge is -2.44. The molecule has 372 valence electrons. The number of hydrogen-bond donors (Lipinski definition) is 4. The Morgan fingerprint density at radius 1 is 1.12 bits per heavy atom. The van der Waals surface area contributed by atoms with Crippen molar-refractivity contribution >= 4 is 52.6 Å². The van der Waals surface area contributed by atoms with Gasteiger partial charge in [0.25, 0.3) is 5.91 Å². The summed E-state index contributed by atoms with van der Waals surface area (Å²) in [4.78, 5) is 57.0. The topological polar surface area (TPSA) is 222 Å². The molecule has 0 bridgehead atoms. The third-order valence-electron chi connectivity index (χ3n) is 13.2. The average molecular weight is 970 g/mol. The number of aliphatic hydroxyl groups excluding tert-OH is 1. The van der Waals surface area contributed by atoms with Crippen molar-refractivity contribution in [2.24, 2.45) is 17.8 Å². The maximum Gasteiger partial charge on any atom is 0.410 e. The van der Waals surface area contributed by atoms with Gasteiger partial charge in [-0.05, 0) is 98.5 Å². The van der Waals surface area contributed by atoms with Crippen LogP contribution in [0.3, 0.4) is 0 Å². The molecule has 5 N–H and O–H groups in total. The number of hydrogen-bond acceptors (Lipinski definition) is 15. The maximum atomic E-state index is 14.6. The largest absolute Gasteiger partial charge is 0.458 e. The van der Waals surface area contributed by atoms with Crippen LogP contribution >= 0.6 is 23.2 Å². The summed E-state index contributed by atoms with van der Waals surface area (Å²) < 4.78 is 33.4. The van der Waals surface area contributed by atoms with Gasteiger partial charge >= 0.3 is 12.1 Å². The number of unbranched alkanes of at least 4 members (excludes halogenated alkanes) is 1. The van der Waals surface area contributed by atoms with Crippen LogP contribution in [0.15, 0.2) is 30.5 Å². The zero-order chi connectivity index (χ0) is 49.1. The first-order valence-corrected chi connectivity index (χ1v) is 23.9. The minimum atomic E-state index is -1.31. The van der Waals surface area contributed by atoms with Crippen LogP contribution in [0.2, 0.25) is 0 Å². The molecule has 2 amide bonds. The van der Waals surface area contributed by atoms with Gasteiger partial charge in [-0.25, -0.2) is 4.79 Å². The molecule has 0 aliphatic carbocycles. The Bertz CT molecular complexity index is 1910. The van der Waals surface area contributed by atoms with E-state index in [0.717, 1.165) is 5.56 Å². The van der Waals surface area contributed by atoms with Gasteiger partial charge in [-0.3, -0.25) is 24.0 Å². The number of aromatic nitrogens is 3. The highest BCUT2D eigenvalue weighted by molar-refractivity contribution is 6.53. The van der Waals surface area contributed by atoms with Crippen LogP contribution in [0.1, 0.15) is 87.5 Å². The van der Waals surface area contributed by atoms with E-state index in [9.17, 15) is 24.3 Å². The van der Waals surface area contributed by atoms with Crippen LogP contribution in [0.5, 0.6) is 0 Å². The number of methoxy groups -OCH3 is 1. The molecular weight excluding hydrogens is 895 g/mol. The van der Waals surface area contributed by atoms with Crippen molar-refractivity contribution in [3.8, 4) is 11.3 Å². The number of amides is 2. The molecule has 0 saturated carbocycles. The second kappa shape index (κ2) is 24.6. The second-order valence-corrected chi connectivity index (χ2v) is 19.6. The predicted molar refractivity (Wildman–Crippen MR) is 252 cm³/mol. The normalized spacial score (nSPS) is 29.4. The summed E-state index contributed by atoms with van der Waals surface area (Å²) in [7, 11) is 5.18. The fourth-order valence-corrected chi connectivity index (χ4v) is 9.69. The fourth-order valence-electron chi connectivity index (χ4n) is 9.54. The highest BCUT2D eigenvalue weighted by atomic mass is 35.5. The highest BCUT2D eigenvalue weighted by Crippen LogP contribution is 2.40. The smallest absolute Gasteiger partial charge is 0.410 e. The van der Waals surface area contributed by atoms with E-state index < -0.39 is 88.3 Å². The van der Waals surface area contributed by atoms with Crippen LogP contribution in [0.25, 0.3) is 11.3 Å². The van der Waals surface area contributed by atoms with Gasteiger partial charge in [0.05, 0.1) is 30.6 Å². The Morgan fingerprint density at radius 3 is 2.44 bits per heavy atom. The van der Waals surface area contributed by atoms with Gasteiger partial charge in [0, 0.05) is 56.0 Å². The number of rotatable bonds is 19. The molecule has 20 heteroatoms. The van der Waals surface area contributed by atoms with E-state index in [1.807, 2.05) is 84.1 Å². The number of cyclic esters (lactones) is 1. The molecule has 2 aromatic rings. The maximum absolute atomic E-state index is 14.6. The number of nitrogens with zero attached hydrogens (tertiary/aromatic N) is 5. The second-order valence-electron chi connectivity index (χ2n) is 18.5. The molecule has 18 nitrogen and oxygen atoms in total. The van der Waals surface area contributed by atoms with Crippen molar-refractivity contribution in [2.75, 3.05) is 53.2 Å². The summed E-state index contributed by atoms with van der Waals surface area (Å²) in [5.41, 5.74) is 5.72. The monoisotopic (exact) mass is 968 g/mol. The number of ketones is 1. The molecule has 66 heavy (non-hydrogen) atoms. The van der Waals surface area contributed by atoms with Crippen molar-refractivity contribution in [1.29, 1.82) is 0 Å².